The highest BCUT2D eigenvalue weighted by Gasteiger charge is 2.24. The average Bonchev–Trinajstić information content (AvgIpc) is 2.36. The van der Waals surface area contributed by atoms with E-state index in [1.807, 2.05) is 0 Å². The summed E-state index contributed by atoms with van der Waals surface area (Å²) in [5.41, 5.74) is 8.74. The summed E-state index contributed by atoms with van der Waals surface area (Å²) in [6.45, 7) is 3.03. The third-order valence-electron chi connectivity index (χ3n) is 3.77. The van der Waals surface area contributed by atoms with Gasteiger partial charge in [0.1, 0.15) is 5.75 Å². The number of rotatable bonds is 3. The molecule has 1 aliphatic rings. The Hall–Kier alpha value is -1.02. The first-order chi connectivity index (χ1) is 7.76. The third kappa shape index (κ3) is 2.07. The van der Waals surface area contributed by atoms with Crippen molar-refractivity contribution in [2.45, 2.75) is 32.1 Å². The van der Waals surface area contributed by atoms with Gasteiger partial charge in [0.05, 0.1) is 7.11 Å². The van der Waals surface area contributed by atoms with Gasteiger partial charge in [0.2, 0.25) is 0 Å². The van der Waals surface area contributed by atoms with Crippen LogP contribution >= 0.6 is 0 Å². The van der Waals surface area contributed by atoms with Crippen LogP contribution in [0.25, 0.3) is 0 Å². The first-order valence-corrected chi connectivity index (χ1v) is 6.13. The number of hydrogen-bond donors (Lipinski definition) is 1. The van der Waals surface area contributed by atoms with Crippen LogP contribution in [0, 0.1) is 5.92 Å². The molecule has 2 unspecified atom stereocenters. The van der Waals surface area contributed by atoms with Crippen molar-refractivity contribution in [3.05, 3.63) is 29.3 Å². The molecule has 0 aliphatic heterocycles. The molecule has 2 rings (SSSR count). The molecule has 0 amide bonds. The number of aryl methyl sites for hydroxylation is 1. The van der Waals surface area contributed by atoms with Gasteiger partial charge in [-0.3, -0.25) is 0 Å². The van der Waals surface area contributed by atoms with E-state index in [1.165, 1.54) is 30.4 Å². The van der Waals surface area contributed by atoms with E-state index in [9.17, 15) is 0 Å². The Bertz CT molecular complexity index is 362. The minimum Gasteiger partial charge on any atom is -0.497 e. The van der Waals surface area contributed by atoms with Gasteiger partial charge in [-0.1, -0.05) is 13.0 Å². The summed E-state index contributed by atoms with van der Waals surface area (Å²) in [4.78, 5) is 0. The topological polar surface area (TPSA) is 35.2 Å². The summed E-state index contributed by atoms with van der Waals surface area (Å²) in [6.07, 6.45) is 3.73. The van der Waals surface area contributed by atoms with Gasteiger partial charge in [-0.2, -0.15) is 0 Å². The lowest BCUT2D eigenvalue weighted by Crippen LogP contribution is -2.22. The van der Waals surface area contributed by atoms with E-state index in [1.54, 1.807) is 7.11 Å². The molecule has 88 valence electrons. The van der Waals surface area contributed by atoms with Crippen molar-refractivity contribution < 1.29 is 4.74 Å². The van der Waals surface area contributed by atoms with E-state index in [2.05, 4.69) is 25.1 Å². The Morgan fingerprint density at radius 2 is 2.31 bits per heavy atom. The monoisotopic (exact) mass is 219 g/mol. The molecule has 0 fully saturated rings. The lowest BCUT2D eigenvalue weighted by molar-refractivity contribution is 0.401. The molecule has 1 aliphatic carbocycles. The van der Waals surface area contributed by atoms with E-state index in [0.29, 0.717) is 11.8 Å². The molecule has 0 heterocycles. The molecule has 1 aromatic rings. The Morgan fingerprint density at radius 1 is 1.50 bits per heavy atom. The van der Waals surface area contributed by atoms with E-state index >= 15 is 0 Å². The molecule has 0 saturated heterocycles. The van der Waals surface area contributed by atoms with Gasteiger partial charge in [0.25, 0.3) is 0 Å². The van der Waals surface area contributed by atoms with Crippen molar-refractivity contribution in [3.63, 3.8) is 0 Å². The van der Waals surface area contributed by atoms with Crippen molar-refractivity contribution in [2.24, 2.45) is 11.7 Å². The maximum atomic E-state index is 5.79. The lowest BCUT2D eigenvalue weighted by Gasteiger charge is -2.30. The fourth-order valence-electron chi connectivity index (χ4n) is 2.71. The number of methoxy groups -OCH3 is 1. The second-order valence-electron chi connectivity index (χ2n) is 4.78. The van der Waals surface area contributed by atoms with Crippen LogP contribution in [0.1, 0.15) is 36.8 Å². The van der Waals surface area contributed by atoms with Crippen LogP contribution in [0.3, 0.4) is 0 Å². The zero-order valence-electron chi connectivity index (χ0n) is 10.2. The van der Waals surface area contributed by atoms with Crippen LogP contribution in [0.2, 0.25) is 0 Å². The molecule has 2 atom stereocenters. The predicted octanol–water partition coefficient (Wildman–Crippen LogP) is 2.71. The molecule has 2 N–H and O–H groups in total. The average molecular weight is 219 g/mol. The fraction of sp³-hybridized carbons (Fsp3) is 0.571. The van der Waals surface area contributed by atoms with Crippen LogP contribution in [0.4, 0.5) is 0 Å². The first kappa shape index (κ1) is 11.5. The highest BCUT2D eigenvalue weighted by atomic mass is 16.5. The Labute approximate surface area is 97.8 Å². The Balaban J connectivity index is 2.32. The zero-order valence-corrected chi connectivity index (χ0v) is 10.2. The van der Waals surface area contributed by atoms with Crippen LogP contribution in [-0.2, 0) is 6.42 Å². The van der Waals surface area contributed by atoms with Crippen LogP contribution in [0.5, 0.6) is 5.75 Å². The van der Waals surface area contributed by atoms with E-state index < -0.39 is 0 Å². The van der Waals surface area contributed by atoms with E-state index in [0.717, 1.165) is 12.3 Å². The van der Waals surface area contributed by atoms with Crippen molar-refractivity contribution >= 4 is 0 Å². The maximum absolute atomic E-state index is 5.79. The standard InChI is InChI=1S/C14H21NO/c1-10(9-15)13-5-3-4-11-8-12(16-2)6-7-14(11)13/h6-8,10,13H,3-5,9,15H2,1-2H3. The van der Waals surface area contributed by atoms with Crippen molar-refractivity contribution in [2.75, 3.05) is 13.7 Å². The minimum absolute atomic E-state index is 0.576. The quantitative estimate of drug-likeness (QED) is 0.848. The molecule has 0 saturated carbocycles. The SMILES string of the molecule is COc1ccc2c(c1)CCCC2C(C)CN. The lowest BCUT2D eigenvalue weighted by atomic mass is 9.76. The van der Waals surface area contributed by atoms with Gasteiger partial charge in [-0.05, 0) is 60.9 Å². The first-order valence-electron chi connectivity index (χ1n) is 6.13. The van der Waals surface area contributed by atoms with Crippen molar-refractivity contribution in [1.82, 2.24) is 0 Å². The fourth-order valence-corrected chi connectivity index (χ4v) is 2.71. The normalized spacial score (nSPS) is 21.3. The molecule has 0 radical (unpaired) electrons. The van der Waals surface area contributed by atoms with Gasteiger partial charge in [0, 0.05) is 0 Å². The van der Waals surface area contributed by atoms with Gasteiger partial charge in [-0.25, -0.2) is 0 Å². The number of nitrogens with two attached hydrogens (primary N) is 1. The van der Waals surface area contributed by atoms with Gasteiger partial charge in [-0.15, -0.1) is 0 Å². The van der Waals surface area contributed by atoms with Crippen LogP contribution in [-0.4, -0.2) is 13.7 Å². The number of ether oxygens (including phenoxy) is 1. The molecule has 0 spiro atoms. The van der Waals surface area contributed by atoms with E-state index in [-0.39, 0.29) is 0 Å². The largest absolute Gasteiger partial charge is 0.497 e. The smallest absolute Gasteiger partial charge is 0.119 e. The Morgan fingerprint density at radius 3 is 3.00 bits per heavy atom. The second-order valence-corrected chi connectivity index (χ2v) is 4.78. The summed E-state index contributed by atoms with van der Waals surface area (Å²) >= 11 is 0. The summed E-state index contributed by atoms with van der Waals surface area (Å²) < 4.78 is 5.28. The minimum atomic E-state index is 0.576. The highest BCUT2D eigenvalue weighted by molar-refractivity contribution is 5.39. The third-order valence-corrected chi connectivity index (χ3v) is 3.77. The van der Waals surface area contributed by atoms with E-state index in [4.69, 9.17) is 10.5 Å². The molecule has 2 heteroatoms. The Kier molecular flexibility index (Phi) is 3.49. The molecule has 0 bridgehead atoms. The molecule has 0 aromatic heterocycles. The molecular formula is C14H21NO. The number of benzene rings is 1. The molecule has 2 nitrogen and oxygen atoms in total. The molecular weight excluding hydrogens is 198 g/mol. The molecule has 1 aromatic carbocycles. The maximum Gasteiger partial charge on any atom is 0.119 e. The molecule has 16 heavy (non-hydrogen) atoms. The zero-order chi connectivity index (χ0) is 11.5. The second kappa shape index (κ2) is 4.88. The highest BCUT2D eigenvalue weighted by Crippen LogP contribution is 2.37. The van der Waals surface area contributed by atoms with Crippen LogP contribution < -0.4 is 10.5 Å². The van der Waals surface area contributed by atoms with Crippen LogP contribution in [0.15, 0.2) is 18.2 Å². The summed E-state index contributed by atoms with van der Waals surface area (Å²) in [7, 11) is 1.73. The number of fused-ring (bicyclic) bond motifs is 1. The number of hydrogen-bond acceptors (Lipinski definition) is 2. The van der Waals surface area contributed by atoms with Crippen molar-refractivity contribution in [3.8, 4) is 5.75 Å². The summed E-state index contributed by atoms with van der Waals surface area (Å²) in [5, 5.41) is 0. The van der Waals surface area contributed by atoms with Gasteiger partial charge >= 0.3 is 0 Å². The van der Waals surface area contributed by atoms with Gasteiger partial charge in [0.15, 0.2) is 0 Å². The predicted molar refractivity (Wildman–Crippen MR) is 66.9 cm³/mol. The summed E-state index contributed by atoms with van der Waals surface area (Å²) in [6, 6.07) is 6.48. The van der Waals surface area contributed by atoms with Crippen molar-refractivity contribution in [1.29, 1.82) is 0 Å². The van der Waals surface area contributed by atoms with Gasteiger partial charge < -0.3 is 10.5 Å². The summed E-state index contributed by atoms with van der Waals surface area (Å²) in [5.74, 6) is 2.19.